The molecule has 4 heterocycles. The Bertz CT molecular complexity index is 2270. The quantitative estimate of drug-likeness (QED) is 0.122. The van der Waals surface area contributed by atoms with Crippen molar-refractivity contribution in [2.75, 3.05) is 38.6 Å². The summed E-state index contributed by atoms with van der Waals surface area (Å²) >= 11 is 0. The molecule has 3 amide bonds. The van der Waals surface area contributed by atoms with Crippen molar-refractivity contribution in [3.05, 3.63) is 138 Å². The smallest absolute Gasteiger partial charge is 0.246 e. The molecule has 57 heavy (non-hydrogen) atoms. The van der Waals surface area contributed by atoms with E-state index in [9.17, 15) is 24.3 Å². The number of aromatic nitrogens is 2. The molecule has 0 bridgehead atoms. The molecule has 7 rings (SSSR count). The lowest BCUT2D eigenvalue weighted by atomic mass is 9.97. The number of Topliss-reactive ketones (excluding diaryl/α,β-unsaturated/α-hetero) is 1. The lowest BCUT2D eigenvalue weighted by molar-refractivity contribution is -0.205. The minimum Gasteiger partial charge on any atom is -0.508 e. The number of nitrogens with zero attached hydrogens (tertiary/aromatic N) is 7. The van der Waals surface area contributed by atoms with Gasteiger partial charge in [0.25, 0.3) is 0 Å². The van der Waals surface area contributed by atoms with Crippen LogP contribution in [0.25, 0.3) is 10.9 Å². The van der Waals surface area contributed by atoms with E-state index in [2.05, 4.69) is 11.6 Å². The number of benzene rings is 3. The van der Waals surface area contributed by atoms with Crippen molar-refractivity contribution in [2.45, 2.75) is 50.9 Å². The molecule has 294 valence electrons. The number of fused-ring (bicyclic) bond motifs is 2. The highest BCUT2D eigenvalue weighted by Gasteiger charge is 2.51. The van der Waals surface area contributed by atoms with Gasteiger partial charge in [-0.1, -0.05) is 72.8 Å². The van der Waals surface area contributed by atoms with Crippen LogP contribution in [0.5, 0.6) is 5.75 Å². The maximum atomic E-state index is 14.7. The number of phenols is 1. The molecule has 2 aliphatic rings. The number of carbonyl (C=O) groups is 4. The number of amides is 3. The summed E-state index contributed by atoms with van der Waals surface area (Å²) in [7, 11) is 5.77. The normalized spacial score (nSPS) is 17.2. The molecule has 2 aliphatic heterocycles. The summed E-state index contributed by atoms with van der Waals surface area (Å²) in [5, 5.41) is 14.2. The van der Waals surface area contributed by atoms with E-state index in [4.69, 9.17) is 0 Å². The minimum absolute atomic E-state index is 0.0146. The molecule has 2 atom stereocenters. The first-order valence-corrected chi connectivity index (χ1v) is 19.3. The van der Waals surface area contributed by atoms with Crippen LogP contribution in [0.3, 0.4) is 0 Å². The van der Waals surface area contributed by atoms with Crippen molar-refractivity contribution in [1.29, 1.82) is 0 Å². The van der Waals surface area contributed by atoms with E-state index in [1.807, 2.05) is 104 Å². The number of hydrazine groups is 1. The molecule has 0 saturated carbocycles. The third kappa shape index (κ3) is 8.31. The number of hydrogen-bond acceptors (Lipinski definition) is 8. The van der Waals surface area contributed by atoms with E-state index in [-0.39, 0.29) is 68.3 Å². The topological polar surface area (TPSA) is 123 Å². The Kier molecular flexibility index (Phi) is 11.5. The Morgan fingerprint density at radius 1 is 0.912 bits per heavy atom. The predicted octanol–water partition coefficient (Wildman–Crippen LogP) is 5.15. The van der Waals surface area contributed by atoms with Gasteiger partial charge in [-0.15, -0.1) is 6.58 Å². The van der Waals surface area contributed by atoms with Crippen LogP contribution in [0.15, 0.2) is 110 Å². The maximum Gasteiger partial charge on any atom is 0.246 e. The highest BCUT2D eigenvalue weighted by Crippen LogP contribution is 2.32. The first-order chi connectivity index (χ1) is 27.5. The van der Waals surface area contributed by atoms with E-state index < -0.39 is 12.2 Å². The van der Waals surface area contributed by atoms with Gasteiger partial charge in [-0.25, -0.2) is 15.0 Å². The third-order valence-corrected chi connectivity index (χ3v) is 10.9. The van der Waals surface area contributed by atoms with Crippen molar-refractivity contribution in [3.8, 4) is 5.75 Å². The molecule has 12 nitrogen and oxygen atoms in total. The fourth-order valence-electron chi connectivity index (χ4n) is 8.10. The van der Waals surface area contributed by atoms with Crippen molar-refractivity contribution in [1.82, 2.24) is 29.4 Å². The average Bonchev–Trinajstić information content (AvgIpc) is 3.56. The van der Waals surface area contributed by atoms with E-state index >= 15 is 0 Å². The first kappa shape index (κ1) is 39.0. The van der Waals surface area contributed by atoms with Gasteiger partial charge in [-0.2, -0.15) is 0 Å². The Hall–Kier alpha value is -6.27. The number of aryl methyl sites for hydroxylation is 3. The molecule has 0 radical (unpaired) electrons. The second-order valence-corrected chi connectivity index (χ2v) is 15.1. The number of rotatable bonds is 14. The summed E-state index contributed by atoms with van der Waals surface area (Å²) in [6, 6.07) is 25.3. The number of anilines is 1. The molecule has 2 aromatic heterocycles. The van der Waals surface area contributed by atoms with Crippen LogP contribution in [0.1, 0.15) is 45.5 Å². The fraction of sp³-hybridized carbons (Fsp3) is 0.311. The van der Waals surface area contributed by atoms with Gasteiger partial charge < -0.3 is 24.4 Å². The van der Waals surface area contributed by atoms with Crippen LogP contribution in [-0.4, -0.2) is 104 Å². The Morgan fingerprint density at radius 2 is 1.65 bits per heavy atom. The van der Waals surface area contributed by atoms with Crippen LogP contribution < -0.4 is 4.90 Å². The molecule has 1 N–H and O–H groups in total. The summed E-state index contributed by atoms with van der Waals surface area (Å²) in [5.74, 6) is 0.325. The molecule has 5 aromatic rings. The molecule has 12 heteroatoms. The van der Waals surface area contributed by atoms with Crippen molar-refractivity contribution in [2.24, 2.45) is 7.05 Å². The Balaban J connectivity index is 1.19. The zero-order valence-corrected chi connectivity index (χ0v) is 32.8. The summed E-state index contributed by atoms with van der Waals surface area (Å²) in [6.07, 6.45) is 6.38. The monoisotopic (exact) mass is 767 g/mol. The lowest BCUT2D eigenvalue weighted by Gasteiger charge is -2.55. The van der Waals surface area contributed by atoms with E-state index in [0.29, 0.717) is 24.8 Å². The number of phenolic OH excluding ortho intramolecular Hbond substituents is 1. The summed E-state index contributed by atoms with van der Waals surface area (Å²) in [5.41, 5.74) is 5.08. The number of carbonyl (C=O) groups excluding carboxylic acids is 4. The standard InChI is InChI=1S/C45H49N7O5/c1-5-24-50-30-43(56)51-38(25-32-14-19-35(53)20-15-32)45(57)49(29-41(51)52(50)42(55)23-18-31-10-7-6-8-11-31)27-34-12-9-13-36-37(28-48(4)44(34)36)39(54)21-16-33-17-22-40(46-26-33)47(2)3/h5-15,17,19-20,22,26,28,38,41,53H,1,16,18,21,23-25,27,29-30H2,2-4H3/t38-,41-/m0/s1. The summed E-state index contributed by atoms with van der Waals surface area (Å²) in [6.45, 7) is 4.39. The molecule has 0 unspecified atom stereocenters. The molecule has 2 saturated heterocycles. The SMILES string of the molecule is C=CCN1CC(=O)N2[C@@H](Cc3ccc(O)cc3)C(=O)N(Cc3cccc4c(C(=O)CCc5ccc(N(C)C)nc5)cn(C)c34)C[C@@H]2N1C(=O)CCc1ccccc1. The highest BCUT2D eigenvalue weighted by molar-refractivity contribution is 6.09. The van der Waals surface area contributed by atoms with Crippen LogP contribution >= 0.6 is 0 Å². The molecule has 3 aromatic carbocycles. The first-order valence-electron chi connectivity index (χ1n) is 19.3. The largest absolute Gasteiger partial charge is 0.508 e. The Labute approximate surface area is 333 Å². The van der Waals surface area contributed by atoms with Crippen LogP contribution in [-0.2, 0) is 47.2 Å². The second kappa shape index (κ2) is 16.8. The van der Waals surface area contributed by atoms with E-state index in [0.717, 1.165) is 39.0 Å². The summed E-state index contributed by atoms with van der Waals surface area (Å²) in [4.78, 5) is 66.5. The van der Waals surface area contributed by atoms with Gasteiger partial charge >= 0.3 is 0 Å². The van der Waals surface area contributed by atoms with Crippen LogP contribution in [0.2, 0.25) is 0 Å². The molecular weight excluding hydrogens is 719 g/mol. The van der Waals surface area contributed by atoms with E-state index in [1.54, 1.807) is 50.2 Å². The van der Waals surface area contributed by atoms with Gasteiger partial charge in [-0.05, 0) is 53.3 Å². The molecule has 2 fully saturated rings. The van der Waals surface area contributed by atoms with Crippen LogP contribution in [0.4, 0.5) is 5.82 Å². The van der Waals surface area contributed by atoms with Crippen molar-refractivity contribution >= 4 is 40.2 Å². The van der Waals surface area contributed by atoms with Crippen molar-refractivity contribution in [3.63, 3.8) is 0 Å². The zero-order chi connectivity index (χ0) is 40.2. The van der Waals surface area contributed by atoms with Gasteiger partial charge in [0.2, 0.25) is 17.7 Å². The highest BCUT2D eigenvalue weighted by atomic mass is 16.3. The Morgan fingerprint density at radius 3 is 2.35 bits per heavy atom. The number of ketones is 1. The maximum absolute atomic E-state index is 14.7. The van der Waals surface area contributed by atoms with E-state index in [1.165, 1.54) is 0 Å². The van der Waals surface area contributed by atoms with Gasteiger partial charge in [0.1, 0.15) is 23.8 Å². The predicted molar refractivity (Wildman–Crippen MR) is 219 cm³/mol. The zero-order valence-electron chi connectivity index (χ0n) is 32.8. The van der Waals surface area contributed by atoms with Crippen LogP contribution in [0, 0.1) is 0 Å². The number of para-hydroxylation sites is 1. The number of hydrogen-bond donors (Lipinski definition) is 1. The number of piperazine rings is 1. The van der Waals surface area contributed by atoms with Gasteiger partial charge in [0, 0.05) is 76.8 Å². The fourth-order valence-corrected chi connectivity index (χ4v) is 8.10. The van der Waals surface area contributed by atoms with Gasteiger partial charge in [0.15, 0.2) is 5.78 Å². The third-order valence-electron chi connectivity index (χ3n) is 10.9. The number of aromatic hydroxyl groups is 1. The van der Waals surface area contributed by atoms with Crippen molar-refractivity contribution < 1.29 is 24.3 Å². The van der Waals surface area contributed by atoms with Gasteiger partial charge in [-0.3, -0.25) is 19.2 Å². The van der Waals surface area contributed by atoms with Gasteiger partial charge in [0.05, 0.1) is 18.6 Å². The second-order valence-electron chi connectivity index (χ2n) is 15.1. The summed E-state index contributed by atoms with van der Waals surface area (Å²) < 4.78 is 1.94. The average molecular weight is 768 g/mol. The molecule has 0 aliphatic carbocycles. The minimum atomic E-state index is -0.901. The molecular formula is C45H49N7O5. The lowest BCUT2D eigenvalue weighted by Crippen LogP contribution is -2.75. The number of pyridine rings is 1. The molecule has 0 spiro atoms.